The minimum absolute atomic E-state index is 0.0300. The van der Waals surface area contributed by atoms with Crippen molar-refractivity contribution in [3.8, 4) is 5.75 Å². The van der Waals surface area contributed by atoms with Crippen LogP contribution >= 0.6 is 11.6 Å². The molecule has 92 valence electrons. The number of halogens is 1. The van der Waals surface area contributed by atoms with E-state index in [0.717, 1.165) is 0 Å². The predicted octanol–water partition coefficient (Wildman–Crippen LogP) is 3.09. The van der Waals surface area contributed by atoms with Crippen molar-refractivity contribution in [1.82, 2.24) is 0 Å². The van der Waals surface area contributed by atoms with Gasteiger partial charge in [-0.25, -0.2) is 0 Å². The highest BCUT2D eigenvalue weighted by Crippen LogP contribution is 2.23. The molecule has 0 bridgehead atoms. The molecule has 1 N–H and O–H groups in total. The summed E-state index contributed by atoms with van der Waals surface area (Å²) in [6.07, 6.45) is 0.982. The van der Waals surface area contributed by atoms with E-state index in [1.54, 1.807) is 6.07 Å². The molecule has 0 spiro atoms. The molecule has 1 aromatic carbocycles. The van der Waals surface area contributed by atoms with Gasteiger partial charge in [-0.2, -0.15) is 0 Å². The standard InChI is InChI=1S/C13H9ClO4/c14-8-3-4-10(15)9(6-8)11(16)7-12(17)13-2-1-5-18-13/h1-6,15H,7H2. The lowest BCUT2D eigenvalue weighted by Gasteiger charge is -2.03. The van der Waals surface area contributed by atoms with E-state index in [-0.39, 0.29) is 23.5 Å². The molecular formula is C13H9ClO4. The number of Topliss-reactive ketones (excluding diaryl/α,β-unsaturated/α-hetero) is 2. The summed E-state index contributed by atoms with van der Waals surface area (Å²) in [5.41, 5.74) is 0.0300. The van der Waals surface area contributed by atoms with Crippen LogP contribution in [0.15, 0.2) is 41.0 Å². The van der Waals surface area contributed by atoms with E-state index in [1.807, 2.05) is 0 Å². The molecule has 0 fully saturated rings. The predicted molar refractivity (Wildman–Crippen MR) is 65.1 cm³/mol. The summed E-state index contributed by atoms with van der Waals surface area (Å²) in [7, 11) is 0. The molecule has 18 heavy (non-hydrogen) atoms. The molecule has 0 aliphatic heterocycles. The average Bonchev–Trinajstić information content (AvgIpc) is 2.85. The number of carbonyl (C=O) groups excluding carboxylic acids is 2. The highest BCUT2D eigenvalue weighted by molar-refractivity contribution is 6.31. The Morgan fingerprint density at radius 1 is 1.22 bits per heavy atom. The van der Waals surface area contributed by atoms with E-state index in [9.17, 15) is 14.7 Å². The molecule has 0 unspecified atom stereocenters. The number of benzene rings is 1. The quantitative estimate of drug-likeness (QED) is 0.681. The van der Waals surface area contributed by atoms with E-state index in [1.165, 1.54) is 30.5 Å². The molecule has 0 saturated carbocycles. The summed E-state index contributed by atoms with van der Waals surface area (Å²) in [6.45, 7) is 0. The molecule has 2 rings (SSSR count). The SMILES string of the molecule is O=C(CC(=O)c1cc(Cl)ccc1O)c1ccco1. The van der Waals surface area contributed by atoms with Gasteiger partial charge >= 0.3 is 0 Å². The van der Waals surface area contributed by atoms with Crippen LogP contribution < -0.4 is 0 Å². The van der Waals surface area contributed by atoms with Crippen LogP contribution in [-0.4, -0.2) is 16.7 Å². The largest absolute Gasteiger partial charge is 0.507 e. The molecule has 1 heterocycles. The minimum atomic E-state index is -0.503. The lowest BCUT2D eigenvalue weighted by atomic mass is 10.0. The first-order chi connectivity index (χ1) is 8.58. The molecule has 2 aromatic rings. The lowest BCUT2D eigenvalue weighted by molar-refractivity contribution is 0.0877. The molecule has 0 aliphatic rings. The van der Waals surface area contributed by atoms with Crippen molar-refractivity contribution in [2.75, 3.05) is 0 Å². The Bertz CT molecular complexity index is 587. The highest BCUT2D eigenvalue weighted by atomic mass is 35.5. The summed E-state index contributed by atoms with van der Waals surface area (Å²) in [6, 6.07) is 7.14. The number of phenolic OH excluding ortho intramolecular Hbond substituents is 1. The number of ketones is 2. The van der Waals surface area contributed by atoms with Crippen molar-refractivity contribution in [3.05, 3.63) is 52.9 Å². The van der Waals surface area contributed by atoms with Gasteiger partial charge in [0.1, 0.15) is 5.75 Å². The summed E-state index contributed by atoms with van der Waals surface area (Å²) >= 11 is 5.73. The van der Waals surface area contributed by atoms with Gasteiger partial charge in [-0.3, -0.25) is 9.59 Å². The monoisotopic (exact) mass is 264 g/mol. The van der Waals surface area contributed by atoms with Crippen LogP contribution in [0.3, 0.4) is 0 Å². The molecular weight excluding hydrogens is 256 g/mol. The van der Waals surface area contributed by atoms with Crippen LogP contribution in [0.25, 0.3) is 0 Å². The van der Waals surface area contributed by atoms with Crippen molar-refractivity contribution >= 4 is 23.2 Å². The van der Waals surface area contributed by atoms with Gasteiger partial charge in [-0.15, -0.1) is 0 Å². The molecule has 1 aromatic heterocycles. The molecule has 4 nitrogen and oxygen atoms in total. The second-order valence-corrected chi connectivity index (χ2v) is 4.10. The van der Waals surface area contributed by atoms with Crippen molar-refractivity contribution in [3.63, 3.8) is 0 Å². The zero-order valence-electron chi connectivity index (χ0n) is 9.22. The number of carbonyl (C=O) groups is 2. The fraction of sp³-hybridized carbons (Fsp3) is 0.0769. The first kappa shape index (κ1) is 12.4. The first-order valence-electron chi connectivity index (χ1n) is 5.16. The Labute approximate surface area is 108 Å². The average molecular weight is 265 g/mol. The normalized spacial score (nSPS) is 10.3. The van der Waals surface area contributed by atoms with Crippen LogP contribution in [0, 0.1) is 0 Å². The maximum absolute atomic E-state index is 11.8. The number of hydrogen-bond donors (Lipinski definition) is 1. The van der Waals surface area contributed by atoms with E-state index in [2.05, 4.69) is 0 Å². The molecule has 5 heteroatoms. The van der Waals surface area contributed by atoms with E-state index in [4.69, 9.17) is 16.0 Å². The van der Waals surface area contributed by atoms with Gasteiger partial charge in [0.25, 0.3) is 0 Å². The van der Waals surface area contributed by atoms with Crippen molar-refractivity contribution in [2.45, 2.75) is 6.42 Å². The van der Waals surface area contributed by atoms with Crippen LogP contribution in [0.2, 0.25) is 5.02 Å². The van der Waals surface area contributed by atoms with Gasteiger partial charge in [0.2, 0.25) is 5.78 Å². The van der Waals surface area contributed by atoms with Crippen molar-refractivity contribution < 1.29 is 19.1 Å². The second-order valence-electron chi connectivity index (χ2n) is 3.66. The molecule has 0 amide bonds. The molecule has 0 radical (unpaired) electrons. The summed E-state index contributed by atoms with van der Waals surface area (Å²) < 4.78 is 4.90. The van der Waals surface area contributed by atoms with Crippen molar-refractivity contribution in [1.29, 1.82) is 0 Å². The van der Waals surface area contributed by atoms with Crippen LogP contribution in [0.1, 0.15) is 27.3 Å². The van der Waals surface area contributed by atoms with Crippen LogP contribution in [0.5, 0.6) is 5.75 Å². The summed E-state index contributed by atoms with van der Waals surface area (Å²) in [5, 5.41) is 9.86. The maximum Gasteiger partial charge on any atom is 0.205 e. The number of furan rings is 1. The van der Waals surface area contributed by atoms with Gasteiger partial charge in [0.05, 0.1) is 18.2 Å². The Hall–Kier alpha value is -2.07. The van der Waals surface area contributed by atoms with Gasteiger partial charge in [0, 0.05) is 5.02 Å². The Kier molecular flexibility index (Phi) is 3.48. The third-order valence-corrected chi connectivity index (χ3v) is 2.61. The second kappa shape index (κ2) is 5.06. The Morgan fingerprint density at radius 3 is 2.67 bits per heavy atom. The molecule has 0 aliphatic carbocycles. The molecule has 0 atom stereocenters. The topological polar surface area (TPSA) is 67.5 Å². The van der Waals surface area contributed by atoms with Gasteiger partial charge in [-0.1, -0.05) is 11.6 Å². The summed E-state index contributed by atoms with van der Waals surface area (Å²) in [5.74, 6) is -1.03. The van der Waals surface area contributed by atoms with Crippen LogP contribution in [0.4, 0.5) is 0 Å². The van der Waals surface area contributed by atoms with Gasteiger partial charge in [0.15, 0.2) is 11.5 Å². The van der Waals surface area contributed by atoms with Gasteiger partial charge in [-0.05, 0) is 30.3 Å². The van der Waals surface area contributed by atoms with Gasteiger partial charge < -0.3 is 9.52 Å². The van der Waals surface area contributed by atoms with E-state index < -0.39 is 11.6 Å². The minimum Gasteiger partial charge on any atom is -0.507 e. The number of aromatic hydroxyl groups is 1. The zero-order valence-corrected chi connectivity index (χ0v) is 9.98. The Balaban J connectivity index is 2.17. The first-order valence-corrected chi connectivity index (χ1v) is 5.54. The number of rotatable bonds is 4. The third kappa shape index (κ3) is 2.60. The third-order valence-electron chi connectivity index (χ3n) is 2.38. The number of phenols is 1. The highest BCUT2D eigenvalue weighted by Gasteiger charge is 2.18. The fourth-order valence-electron chi connectivity index (χ4n) is 1.50. The zero-order chi connectivity index (χ0) is 13.1. The molecule has 0 saturated heterocycles. The lowest BCUT2D eigenvalue weighted by Crippen LogP contribution is -2.08. The summed E-state index contributed by atoms with van der Waals surface area (Å²) in [4.78, 5) is 23.5. The van der Waals surface area contributed by atoms with Crippen molar-refractivity contribution in [2.24, 2.45) is 0 Å². The number of hydrogen-bond acceptors (Lipinski definition) is 4. The maximum atomic E-state index is 11.8. The van der Waals surface area contributed by atoms with Crippen LogP contribution in [-0.2, 0) is 0 Å². The smallest absolute Gasteiger partial charge is 0.205 e. The Morgan fingerprint density at radius 2 is 2.00 bits per heavy atom. The van der Waals surface area contributed by atoms with E-state index in [0.29, 0.717) is 5.02 Å². The fourth-order valence-corrected chi connectivity index (χ4v) is 1.67. The van der Waals surface area contributed by atoms with E-state index >= 15 is 0 Å².